The number of urea groups is 2. The molecule has 0 aliphatic carbocycles. The lowest BCUT2D eigenvalue weighted by molar-refractivity contribution is 0.167. The molecule has 2 unspecified atom stereocenters. The van der Waals surface area contributed by atoms with Crippen molar-refractivity contribution in [3.63, 3.8) is 0 Å². The van der Waals surface area contributed by atoms with Gasteiger partial charge in [-0.1, -0.05) is 30.3 Å². The Bertz CT molecular complexity index is 618. The van der Waals surface area contributed by atoms with Crippen molar-refractivity contribution in [3.8, 4) is 6.07 Å². The van der Waals surface area contributed by atoms with Crippen LogP contribution in [0.5, 0.6) is 0 Å². The molecule has 1 aromatic carbocycles. The Morgan fingerprint density at radius 1 is 1.43 bits per heavy atom. The molecule has 108 valence electrons. The minimum Gasteiger partial charge on any atom is -0.338 e. The third-order valence-corrected chi connectivity index (χ3v) is 3.35. The summed E-state index contributed by atoms with van der Waals surface area (Å²) in [5.74, 6) is -0.646. The summed E-state index contributed by atoms with van der Waals surface area (Å²) in [6.07, 6.45) is 0. The van der Waals surface area contributed by atoms with Crippen LogP contribution in [-0.2, 0) is 0 Å². The summed E-state index contributed by atoms with van der Waals surface area (Å²) in [5.41, 5.74) is 1.16. The lowest BCUT2D eigenvalue weighted by Crippen LogP contribution is -2.50. The molecule has 0 aromatic heterocycles. The van der Waals surface area contributed by atoms with E-state index in [-0.39, 0.29) is 0 Å². The highest BCUT2D eigenvalue weighted by atomic mass is 16.2. The molecule has 6 heteroatoms. The molecule has 0 bridgehead atoms. The monoisotopic (exact) mass is 284 g/mol. The largest absolute Gasteiger partial charge is 0.352 e. The molecule has 4 amide bonds. The van der Waals surface area contributed by atoms with Crippen LogP contribution in [0, 0.1) is 17.2 Å². The molecule has 0 saturated heterocycles. The van der Waals surface area contributed by atoms with E-state index in [1.807, 2.05) is 18.2 Å². The summed E-state index contributed by atoms with van der Waals surface area (Å²) in [7, 11) is 0. The van der Waals surface area contributed by atoms with Gasteiger partial charge >= 0.3 is 12.1 Å². The van der Waals surface area contributed by atoms with E-state index in [0.29, 0.717) is 12.3 Å². The van der Waals surface area contributed by atoms with E-state index in [0.717, 1.165) is 10.5 Å². The summed E-state index contributed by atoms with van der Waals surface area (Å²) in [4.78, 5) is 29.2. The van der Waals surface area contributed by atoms with Crippen molar-refractivity contribution in [1.29, 1.82) is 5.26 Å². The highest BCUT2D eigenvalue weighted by Crippen LogP contribution is 2.33. The van der Waals surface area contributed by atoms with Gasteiger partial charge in [0.05, 0.1) is 12.1 Å². The second-order valence-electron chi connectivity index (χ2n) is 4.70. The summed E-state index contributed by atoms with van der Waals surface area (Å²) < 4.78 is 0. The molecule has 21 heavy (non-hydrogen) atoms. The molecule has 1 heterocycles. The van der Waals surface area contributed by atoms with Gasteiger partial charge in [-0.05, 0) is 19.4 Å². The first kappa shape index (κ1) is 14.7. The maximum Gasteiger partial charge on any atom is 0.352 e. The Balaban J connectivity index is 2.52. The third kappa shape index (κ3) is 2.77. The number of rotatable bonds is 2. The summed E-state index contributed by atoms with van der Waals surface area (Å²) in [5, 5.41) is 12.0. The highest BCUT2D eigenvalue weighted by molar-refractivity contribution is 6.05. The molecule has 0 radical (unpaired) electrons. The van der Waals surface area contributed by atoms with E-state index in [9.17, 15) is 14.9 Å². The molecule has 2 atom stereocenters. The molecule has 1 N–H and O–H groups in total. The van der Waals surface area contributed by atoms with E-state index < -0.39 is 24.0 Å². The van der Waals surface area contributed by atoms with Crippen LogP contribution >= 0.6 is 0 Å². The van der Waals surface area contributed by atoms with Crippen molar-refractivity contribution in [2.24, 2.45) is 10.9 Å². The Labute approximate surface area is 123 Å². The number of imide groups is 1. The van der Waals surface area contributed by atoms with Gasteiger partial charge in [0.1, 0.15) is 5.92 Å². The van der Waals surface area contributed by atoms with Crippen LogP contribution in [-0.4, -0.2) is 29.2 Å². The fraction of sp³-hybridized carbons (Fsp3) is 0.333. The minimum atomic E-state index is -0.659. The predicted octanol–water partition coefficient (Wildman–Crippen LogP) is 2.49. The lowest BCUT2D eigenvalue weighted by Gasteiger charge is -2.35. The standard InChI is InChI=1S/C15H16N4O2/c1-3-17-14(20)19-13(11-7-5-4-6-8-11)12(9-16)10(2)18-15(19)21/h4-8,12-13H,3H2,1-2H3,(H,17,20). The van der Waals surface area contributed by atoms with Gasteiger partial charge in [-0.25, -0.2) is 19.5 Å². The molecule has 0 fully saturated rings. The molecule has 1 aliphatic heterocycles. The lowest BCUT2D eigenvalue weighted by atomic mass is 9.88. The molecule has 1 aliphatic rings. The first-order chi connectivity index (χ1) is 10.1. The van der Waals surface area contributed by atoms with Gasteiger partial charge in [-0.2, -0.15) is 5.26 Å². The van der Waals surface area contributed by atoms with E-state index in [4.69, 9.17) is 0 Å². The van der Waals surface area contributed by atoms with Gasteiger partial charge in [0.2, 0.25) is 0 Å². The molecule has 1 aromatic rings. The van der Waals surface area contributed by atoms with Crippen molar-refractivity contribution in [2.75, 3.05) is 6.54 Å². The van der Waals surface area contributed by atoms with Crippen molar-refractivity contribution in [2.45, 2.75) is 19.9 Å². The highest BCUT2D eigenvalue weighted by Gasteiger charge is 2.41. The van der Waals surface area contributed by atoms with Gasteiger partial charge in [0.25, 0.3) is 0 Å². The molecule has 0 spiro atoms. The number of aliphatic imine (C=N–C) groups is 1. The predicted molar refractivity (Wildman–Crippen MR) is 77.7 cm³/mol. The number of carbonyl (C=O) groups excluding carboxylic acids is 2. The Morgan fingerprint density at radius 2 is 2.10 bits per heavy atom. The van der Waals surface area contributed by atoms with Gasteiger partial charge in [0, 0.05) is 12.3 Å². The van der Waals surface area contributed by atoms with E-state index in [1.54, 1.807) is 26.0 Å². The summed E-state index contributed by atoms with van der Waals surface area (Å²) in [6, 6.07) is 9.37. The minimum absolute atomic E-state index is 0.393. The quantitative estimate of drug-likeness (QED) is 0.905. The fourth-order valence-electron chi connectivity index (χ4n) is 2.38. The Hall–Kier alpha value is -2.68. The number of hydrogen-bond donors (Lipinski definition) is 1. The van der Waals surface area contributed by atoms with Crippen LogP contribution in [0.3, 0.4) is 0 Å². The van der Waals surface area contributed by atoms with Crippen molar-refractivity contribution < 1.29 is 9.59 Å². The van der Waals surface area contributed by atoms with E-state index in [2.05, 4.69) is 16.4 Å². The molecular formula is C15H16N4O2. The van der Waals surface area contributed by atoms with Crippen LogP contribution in [0.15, 0.2) is 35.3 Å². The molecular weight excluding hydrogens is 268 g/mol. The first-order valence-corrected chi connectivity index (χ1v) is 6.71. The van der Waals surface area contributed by atoms with Crippen LogP contribution in [0.1, 0.15) is 25.5 Å². The number of amides is 4. The number of nitriles is 1. The van der Waals surface area contributed by atoms with Gasteiger partial charge in [0.15, 0.2) is 0 Å². The van der Waals surface area contributed by atoms with Crippen LogP contribution in [0.4, 0.5) is 9.59 Å². The Kier molecular flexibility index (Phi) is 4.33. The maximum atomic E-state index is 12.2. The normalized spacial score (nSPS) is 21.5. The SMILES string of the molecule is CCNC(=O)N1C(=O)N=C(C)C(C#N)C1c1ccccc1. The van der Waals surface area contributed by atoms with Crippen molar-refractivity contribution in [3.05, 3.63) is 35.9 Å². The second-order valence-corrected chi connectivity index (χ2v) is 4.70. The third-order valence-electron chi connectivity index (χ3n) is 3.35. The molecule has 6 nitrogen and oxygen atoms in total. The number of carbonyl (C=O) groups is 2. The van der Waals surface area contributed by atoms with Crippen LogP contribution < -0.4 is 5.32 Å². The number of nitrogens with zero attached hydrogens (tertiary/aromatic N) is 3. The molecule has 2 rings (SSSR count). The first-order valence-electron chi connectivity index (χ1n) is 6.71. The zero-order chi connectivity index (χ0) is 15.4. The average molecular weight is 284 g/mol. The number of hydrogen-bond acceptors (Lipinski definition) is 3. The topological polar surface area (TPSA) is 85.6 Å². The van der Waals surface area contributed by atoms with Gasteiger partial charge in [-0.3, -0.25) is 0 Å². The van der Waals surface area contributed by atoms with Crippen LogP contribution in [0.2, 0.25) is 0 Å². The fourth-order valence-corrected chi connectivity index (χ4v) is 2.38. The van der Waals surface area contributed by atoms with Gasteiger partial charge < -0.3 is 5.32 Å². The summed E-state index contributed by atoms with van der Waals surface area (Å²) in [6.45, 7) is 3.79. The zero-order valence-corrected chi connectivity index (χ0v) is 11.9. The smallest absolute Gasteiger partial charge is 0.338 e. The number of nitrogens with one attached hydrogen (secondary N) is 1. The van der Waals surface area contributed by atoms with Gasteiger partial charge in [-0.15, -0.1) is 0 Å². The average Bonchev–Trinajstić information content (AvgIpc) is 2.47. The van der Waals surface area contributed by atoms with E-state index >= 15 is 0 Å². The van der Waals surface area contributed by atoms with Crippen molar-refractivity contribution >= 4 is 17.8 Å². The van der Waals surface area contributed by atoms with Crippen molar-refractivity contribution in [1.82, 2.24) is 10.2 Å². The van der Waals surface area contributed by atoms with Crippen LogP contribution in [0.25, 0.3) is 0 Å². The second kappa shape index (κ2) is 6.18. The maximum absolute atomic E-state index is 12.2. The summed E-state index contributed by atoms with van der Waals surface area (Å²) >= 11 is 0. The molecule has 0 saturated carbocycles. The van der Waals surface area contributed by atoms with E-state index in [1.165, 1.54) is 0 Å². The Morgan fingerprint density at radius 3 is 2.67 bits per heavy atom. The number of benzene rings is 1. The zero-order valence-electron chi connectivity index (χ0n) is 11.9.